The maximum Gasteiger partial charge on any atom is 0.258 e. The lowest BCUT2D eigenvalue weighted by Gasteiger charge is -2.18. The number of hydrogen-bond donors (Lipinski definition) is 3. The third-order valence-corrected chi connectivity index (χ3v) is 5.03. The number of aromatic nitrogens is 4. The van der Waals surface area contributed by atoms with Gasteiger partial charge in [0.05, 0.1) is 28.0 Å². The van der Waals surface area contributed by atoms with Gasteiger partial charge in [-0.3, -0.25) is 9.59 Å². The lowest BCUT2D eigenvalue weighted by atomic mass is 10.0. The van der Waals surface area contributed by atoms with Gasteiger partial charge >= 0.3 is 0 Å². The van der Waals surface area contributed by atoms with Gasteiger partial charge in [-0.1, -0.05) is 38.1 Å². The van der Waals surface area contributed by atoms with Crippen molar-refractivity contribution >= 4 is 27.8 Å². The molecule has 0 aliphatic carbocycles. The Kier molecular flexibility index (Phi) is 5.61. The van der Waals surface area contributed by atoms with E-state index in [1.54, 1.807) is 18.2 Å². The van der Waals surface area contributed by atoms with E-state index in [-0.39, 0.29) is 23.9 Å². The van der Waals surface area contributed by atoms with Crippen LogP contribution in [0.25, 0.3) is 21.9 Å². The number of aromatic amines is 2. The van der Waals surface area contributed by atoms with Crippen molar-refractivity contribution in [3.8, 4) is 0 Å². The first kappa shape index (κ1) is 19.8. The van der Waals surface area contributed by atoms with Crippen LogP contribution in [0.1, 0.15) is 44.4 Å². The third-order valence-electron chi connectivity index (χ3n) is 5.03. The normalized spacial score (nSPS) is 12.5. The molecule has 2 aromatic carbocycles. The number of benzene rings is 2. The second-order valence-corrected chi connectivity index (χ2v) is 7.92. The molecule has 7 heteroatoms. The van der Waals surface area contributed by atoms with Gasteiger partial charge in [0, 0.05) is 12.8 Å². The standard InChI is InChI=1S/C23H25N5O2/c1-14(2)13-19(22-26-17-9-5-6-10-18(17)27-22)25-21(29)12-11-20-24-16-8-4-3-7-15(16)23(30)28-20/h3-10,14,19H,11-13H2,1-2H3,(H,25,29)(H,26,27)(H,24,28,30). The molecule has 2 aromatic heterocycles. The molecule has 4 rings (SSSR count). The average molecular weight is 403 g/mol. The molecule has 3 N–H and O–H groups in total. The second-order valence-electron chi connectivity index (χ2n) is 7.92. The number of imidazole rings is 1. The molecule has 0 aliphatic rings. The van der Waals surface area contributed by atoms with Gasteiger partial charge in [-0.25, -0.2) is 9.97 Å². The van der Waals surface area contributed by atoms with E-state index < -0.39 is 0 Å². The largest absolute Gasteiger partial charge is 0.346 e. The molecule has 1 amide bonds. The fourth-order valence-corrected chi connectivity index (χ4v) is 3.60. The molecule has 0 aliphatic heterocycles. The van der Waals surface area contributed by atoms with E-state index in [2.05, 4.69) is 39.1 Å². The van der Waals surface area contributed by atoms with Crippen LogP contribution in [-0.2, 0) is 11.2 Å². The Hall–Kier alpha value is -3.48. The van der Waals surface area contributed by atoms with Crippen molar-refractivity contribution in [1.29, 1.82) is 0 Å². The Morgan fingerprint density at radius 3 is 2.50 bits per heavy atom. The first-order valence-electron chi connectivity index (χ1n) is 10.2. The summed E-state index contributed by atoms with van der Waals surface area (Å²) in [6.07, 6.45) is 1.37. The number of aryl methyl sites for hydroxylation is 1. The highest BCUT2D eigenvalue weighted by atomic mass is 16.1. The molecule has 1 unspecified atom stereocenters. The zero-order valence-electron chi connectivity index (χ0n) is 17.1. The summed E-state index contributed by atoms with van der Waals surface area (Å²) < 4.78 is 0. The highest BCUT2D eigenvalue weighted by Gasteiger charge is 2.20. The summed E-state index contributed by atoms with van der Waals surface area (Å²) >= 11 is 0. The number of hydrogen-bond acceptors (Lipinski definition) is 4. The fraction of sp³-hybridized carbons (Fsp3) is 0.304. The molecule has 4 aromatic rings. The smallest absolute Gasteiger partial charge is 0.258 e. The molecule has 0 bridgehead atoms. The van der Waals surface area contributed by atoms with Crippen molar-refractivity contribution in [2.75, 3.05) is 0 Å². The predicted molar refractivity (Wildman–Crippen MR) is 117 cm³/mol. The van der Waals surface area contributed by atoms with Gasteiger partial charge < -0.3 is 15.3 Å². The fourth-order valence-electron chi connectivity index (χ4n) is 3.60. The highest BCUT2D eigenvalue weighted by Crippen LogP contribution is 2.22. The molecule has 154 valence electrons. The van der Waals surface area contributed by atoms with Gasteiger partial charge in [0.25, 0.3) is 5.56 Å². The van der Waals surface area contributed by atoms with Crippen LogP contribution in [0.15, 0.2) is 53.3 Å². The molecular formula is C23H25N5O2. The van der Waals surface area contributed by atoms with Gasteiger partial charge in [0.15, 0.2) is 0 Å². The first-order chi connectivity index (χ1) is 14.5. The quantitative estimate of drug-likeness (QED) is 0.438. The van der Waals surface area contributed by atoms with Crippen LogP contribution in [0, 0.1) is 5.92 Å². The Morgan fingerprint density at radius 1 is 1.00 bits per heavy atom. The molecule has 1 atom stereocenters. The number of rotatable bonds is 7. The lowest BCUT2D eigenvalue weighted by Crippen LogP contribution is -2.30. The zero-order chi connectivity index (χ0) is 21.1. The molecule has 2 heterocycles. The van der Waals surface area contributed by atoms with Crippen molar-refractivity contribution in [1.82, 2.24) is 25.3 Å². The van der Waals surface area contributed by atoms with Crippen molar-refractivity contribution in [2.24, 2.45) is 5.92 Å². The van der Waals surface area contributed by atoms with Crippen molar-refractivity contribution in [2.45, 2.75) is 39.2 Å². The summed E-state index contributed by atoms with van der Waals surface area (Å²) in [5.41, 5.74) is 2.29. The minimum Gasteiger partial charge on any atom is -0.346 e. The second kappa shape index (κ2) is 8.49. The minimum atomic E-state index is -0.200. The van der Waals surface area contributed by atoms with Crippen LogP contribution in [0.2, 0.25) is 0 Å². The van der Waals surface area contributed by atoms with E-state index in [9.17, 15) is 9.59 Å². The highest BCUT2D eigenvalue weighted by molar-refractivity contribution is 5.78. The number of carbonyl (C=O) groups is 1. The number of H-pyrrole nitrogens is 2. The Labute approximate surface area is 174 Å². The Balaban J connectivity index is 1.47. The maximum absolute atomic E-state index is 12.7. The summed E-state index contributed by atoms with van der Waals surface area (Å²) in [6.45, 7) is 4.23. The molecule has 0 fully saturated rings. The third kappa shape index (κ3) is 4.40. The summed E-state index contributed by atoms with van der Waals surface area (Å²) in [4.78, 5) is 40.1. The van der Waals surface area contributed by atoms with Crippen LogP contribution in [-0.4, -0.2) is 25.8 Å². The van der Waals surface area contributed by atoms with Crippen LogP contribution < -0.4 is 10.9 Å². The SMILES string of the molecule is CC(C)CC(NC(=O)CCc1nc2ccccc2c(=O)[nH]1)c1nc2ccccc2[nH]1. The number of carbonyl (C=O) groups excluding carboxylic acids is 1. The van der Waals surface area contributed by atoms with Crippen LogP contribution >= 0.6 is 0 Å². The Bertz CT molecular complexity index is 1210. The van der Waals surface area contributed by atoms with Crippen molar-refractivity contribution in [3.63, 3.8) is 0 Å². The first-order valence-corrected chi connectivity index (χ1v) is 10.2. The van der Waals surface area contributed by atoms with E-state index in [1.165, 1.54) is 0 Å². The van der Waals surface area contributed by atoms with Crippen LogP contribution in [0.4, 0.5) is 0 Å². The minimum absolute atomic E-state index is 0.100. The number of amides is 1. The Morgan fingerprint density at radius 2 is 1.73 bits per heavy atom. The molecule has 0 saturated heterocycles. The van der Waals surface area contributed by atoms with Gasteiger partial charge in [-0.05, 0) is 36.6 Å². The van der Waals surface area contributed by atoms with Gasteiger partial charge in [-0.15, -0.1) is 0 Å². The molecule has 30 heavy (non-hydrogen) atoms. The number of nitrogens with zero attached hydrogens (tertiary/aromatic N) is 2. The lowest BCUT2D eigenvalue weighted by molar-refractivity contribution is -0.122. The van der Waals surface area contributed by atoms with E-state index in [4.69, 9.17) is 0 Å². The predicted octanol–water partition coefficient (Wildman–Crippen LogP) is 3.64. The summed E-state index contributed by atoms with van der Waals surface area (Å²) in [5, 5.41) is 3.64. The van der Waals surface area contributed by atoms with Gasteiger partial charge in [0.2, 0.25) is 5.91 Å². The van der Waals surface area contributed by atoms with E-state index >= 15 is 0 Å². The summed E-state index contributed by atoms with van der Waals surface area (Å²) in [5.74, 6) is 1.56. The van der Waals surface area contributed by atoms with E-state index in [0.29, 0.717) is 29.1 Å². The summed E-state index contributed by atoms with van der Waals surface area (Å²) in [6, 6.07) is 14.8. The van der Waals surface area contributed by atoms with Gasteiger partial charge in [-0.2, -0.15) is 0 Å². The number of para-hydroxylation sites is 3. The van der Waals surface area contributed by atoms with E-state index in [1.807, 2.05) is 30.3 Å². The van der Waals surface area contributed by atoms with Crippen molar-refractivity contribution in [3.05, 3.63) is 70.5 Å². The van der Waals surface area contributed by atoms with E-state index in [0.717, 1.165) is 23.3 Å². The number of nitrogens with one attached hydrogen (secondary N) is 3. The molecule has 0 saturated carbocycles. The van der Waals surface area contributed by atoms with Gasteiger partial charge in [0.1, 0.15) is 11.6 Å². The molecule has 0 spiro atoms. The zero-order valence-corrected chi connectivity index (χ0v) is 17.1. The topological polar surface area (TPSA) is 104 Å². The molecular weight excluding hydrogens is 378 g/mol. The summed E-state index contributed by atoms with van der Waals surface area (Å²) in [7, 11) is 0. The van der Waals surface area contributed by atoms with Crippen molar-refractivity contribution < 1.29 is 4.79 Å². The maximum atomic E-state index is 12.7. The monoisotopic (exact) mass is 403 g/mol. The van der Waals surface area contributed by atoms with Crippen LogP contribution in [0.5, 0.6) is 0 Å². The van der Waals surface area contributed by atoms with Crippen LogP contribution in [0.3, 0.4) is 0 Å². The average Bonchev–Trinajstić information content (AvgIpc) is 3.16. The molecule has 7 nitrogen and oxygen atoms in total. The molecule has 0 radical (unpaired) electrons. The number of fused-ring (bicyclic) bond motifs is 2.